The zero-order valence-electron chi connectivity index (χ0n) is 11.9. The van der Waals surface area contributed by atoms with Crippen molar-refractivity contribution in [3.05, 3.63) is 11.6 Å². The van der Waals surface area contributed by atoms with Crippen molar-refractivity contribution in [3.8, 4) is 0 Å². The molecule has 2 atom stereocenters. The molecule has 20 heavy (non-hydrogen) atoms. The molecule has 2 aliphatic rings. The number of ether oxygens (including phenoxy) is 4. The highest BCUT2D eigenvalue weighted by molar-refractivity contribution is 6.42. The third kappa shape index (κ3) is 6.68. The minimum atomic E-state index is 0.217. The van der Waals surface area contributed by atoms with Gasteiger partial charge >= 0.3 is 0 Å². The van der Waals surface area contributed by atoms with Crippen LogP contribution in [0.2, 0.25) is 6.04 Å². The van der Waals surface area contributed by atoms with Gasteiger partial charge in [0.1, 0.15) is 12.2 Å². The van der Waals surface area contributed by atoms with E-state index in [9.17, 15) is 0 Å². The quantitative estimate of drug-likeness (QED) is 0.167. The van der Waals surface area contributed by atoms with E-state index in [2.05, 4.69) is 0 Å². The molecule has 0 spiro atoms. The molecule has 7 nitrogen and oxygen atoms in total. The second-order valence-corrected chi connectivity index (χ2v) is 5.58. The van der Waals surface area contributed by atoms with Crippen molar-refractivity contribution in [2.45, 2.75) is 18.3 Å². The molecule has 2 fully saturated rings. The minimum absolute atomic E-state index is 0.217. The van der Waals surface area contributed by atoms with Crippen LogP contribution in [0.4, 0.5) is 0 Å². The molecule has 0 saturated carbocycles. The van der Waals surface area contributed by atoms with E-state index >= 15 is 0 Å². The summed E-state index contributed by atoms with van der Waals surface area (Å²) in [7, 11) is 3.75. The zero-order valence-corrected chi connectivity index (χ0v) is 12.9. The summed E-state index contributed by atoms with van der Waals surface area (Å²) in [6.07, 6.45) is 0.434. The average molecular weight is 303 g/mol. The highest BCUT2D eigenvalue weighted by atomic mass is 28.2. The molecule has 0 aromatic heterocycles. The van der Waals surface area contributed by atoms with Gasteiger partial charge in [-0.15, -0.1) is 0 Å². The van der Waals surface area contributed by atoms with Crippen LogP contribution in [0.15, 0.2) is 11.6 Å². The van der Waals surface area contributed by atoms with Crippen LogP contribution in [0.25, 0.3) is 0 Å². The fraction of sp³-hybridized carbons (Fsp3) is 0.833. The Labute approximate surface area is 121 Å². The first kappa shape index (κ1) is 15.7. The Balaban J connectivity index is 1.60. The highest BCUT2D eigenvalue weighted by Gasteiger charge is 2.26. The first-order valence-electron chi connectivity index (χ1n) is 6.60. The molecule has 0 aromatic rings. The van der Waals surface area contributed by atoms with Crippen LogP contribution in [0.3, 0.4) is 0 Å². The predicted octanol–water partition coefficient (Wildman–Crippen LogP) is 0.163. The SMILES string of the molecule is COC(=C[Si]CCN(OCC1CO1)OCC1CO1)OC. The van der Waals surface area contributed by atoms with Gasteiger partial charge in [0, 0.05) is 6.54 Å². The third-order valence-corrected chi connectivity index (χ3v) is 3.63. The van der Waals surface area contributed by atoms with Crippen molar-refractivity contribution in [3.63, 3.8) is 0 Å². The second-order valence-electron chi connectivity index (χ2n) is 4.38. The fourth-order valence-corrected chi connectivity index (χ4v) is 2.20. The molecule has 0 aliphatic carbocycles. The number of rotatable bonds is 12. The summed E-state index contributed by atoms with van der Waals surface area (Å²) in [6.45, 7) is 3.29. The van der Waals surface area contributed by atoms with Gasteiger partial charge < -0.3 is 18.9 Å². The first-order valence-corrected chi connectivity index (χ1v) is 7.88. The number of epoxide rings is 2. The molecule has 0 bridgehead atoms. The van der Waals surface area contributed by atoms with Gasteiger partial charge in [0.2, 0.25) is 0 Å². The van der Waals surface area contributed by atoms with Crippen LogP contribution < -0.4 is 0 Å². The van der Waals surface area contributed by atoms with E-state index in [0.717, 1.165) is 19.3 Å². The van der Waals surface area contributed by atoms with Gasteiger partial charge in [-0.1, -0.05) is 5.23 Å². The van der Waals surface area contributed by atoms with Crippen LogP contribution in [0.5, 0.6) is 0 Å². The molecule has 114 valence electrons. The van der Waals surface area contributed by atoms with Crippen LogP contribution >= 0.6 is 0 Å². The van der Waals surface area contributed by atoms with E-state index < -0.39 is 0 Å². The maximum atomic E-state index is 5.56. The molecule has 2 rings (SSSR count). The van der Waals surface area contributed by atoms with Gasteiger partial charge in [-0.3, -0.25) is 9.68 Å². The molecular weight excluding hydrogens is 282 g/mol. The lowest BCUT2D eigenvalue weighted by atomic mass is 10.5. The number of methoxy groups -OCH3 is 2. The van der Waals surface area contributed by atoms with Crippen molar-refractivity contribution in [1.82, 2.24) is 5.23 Å². The molecule has 2 unspecified atom stereocenters. The van der Waals surface area contributed by atoms with E-state index in [1.807, 2.05) is 5.70 Å². The van der Waals surface area contributed by atoms with Crippen LogP contribution in [-0.4, -0.2) is 74.1 Å². The number of hydrogen-bond donors (Lipinski definition) is 0. The molecule has 8 heteroatoms. The van der Waals surface area contributed by atoms with Crippen molar-refractivity contribution in [2.75, 3.05) is 47.2 Å². The Bertz CT molecular complexity index is 286. The maximum Gasteiger partial charge on any atom is 0.269 e. The summed E-state index contributed by atoms with van der Waals surface area (Å²) >= 11 is 0. The Kier molecular flexibility index (Phi) is 6.77. The smallest absolute Gasteiger partial charge is 0.269 e. The lowest BCUT2D eigenvalue weighted by Crippen LogP contribution is -2.29. The van der Waals surface area contributed by atoms with Crippen molar-refractivity contribution in [1.29, 1.82) is 0 Å². The Morgan fingerprint density at radius 2 is 1.70 bits per heavy atom. The van der Waals surface area contributed by atoms with Crippen LogP contribution in [0.1, 0.15) is 0 Å². The minimum Gasteiger partial charge on any atom is -0.469 e. The largest absolute Gasteiger partial charge is 0.469 e. The molecule has 0 amide bonds. The molecular formula is C12H21NO6Si. The summed E-state index contributed by atoms with van der Waals surface area (Å²) in [5.41, 5.74) is 1.92. The molecule has 0 N–H and O–H groups in total. The number of nitrogens with zero attached hydrogens (tertiary/aromatic N) is 1. The standard InChI is InChI=1S/C12H21NO6Si/c1-14-12(15-2)9-20-4-3-13(18-7-10-5-16-10)19-8-11-6-17-11/h9-11H,3-8H2,1-2H3. The topological polar surface area (TPSA) is 65.2 Å². The van der Waals surface area contributed by atoms with E-state index in [1.165, 1.54) is 5.23 Å². The van der Waals surface area contributed by atoms with Crippen molar-refractivity contribution in [2.24, 2.45) is 0 Å². The lowest BCUT2D eigenvalue weighted by Gasteiger charge is -2.19. The summed E-state index contributed by atoms with van der Waals surface area (Å²) in [4.78, 5) is 11.1. The summed E-state index contributed by atoms with van der Waals surface area (Å²) in [6, 6.07) is 0.896. The average Bonchev–Trinajstić information content (AvgIpc) is 3.35. The van der Waals surface area contributed by atoms with Crippen molar-refractivity contribution >= 4 is 9.52 Å². The van der Waals surface area contributed by atoms with E-state index in [-0.39, 0.29) is 12.2 Å². The van der Waals surface area contributed by atoms with Gasteiger partial charge in [0.25, 0.3) is 5.95 Å². The van der Waals surface area contributed by atoms with Gasteiger partial charge in [-0.05, 0) is 11.7 Å². The Hall–Kier alpha value is -0.643. The van der Waals surface area contributed by atoms with E-state index in [4.69, 9.17) is 28.6 Å². The fourth-order valence-electron chi connectivity index (χ4n) is 1.34. The monoisotopic (exact) mass is 303 g/mol. The van der Waals surface area contributed by atoms with E-state index in [0.29, 0.717) is 35.2 Å². The summed E-state index contributed by atoms with van der Waals surface area (Å²) in [5.74, 6) is 0.537. The predicted molar refractivity (Wildman–Crippen MR) is 70.8 cm³/mol. The summed E-state index contributed by atoms with van der Waals surface area (Å²) < 4.78 is 20.3. The number of hydrogen-bond acceptors (Lipinski definition) is 7. The van der Waals surface area contributed by atoms with Gasteiger partial charge in [0.15, 0.2) is 0 Å². The third-order valence-electron chi connectivity index (χ3n) is 2.67. The molecule has 2 aliphatic heterocycles. The van der Waals surface area contributed by atoms with Gasteiger partial charge in [-0.25, -0.2) is 0 Å². The second kappa shape index (κ2) is 8.60. The van der Waals surface area contributed by atoms with Gasteiger partial charge in [-0.2, -0.15) is 0 Å². The highest BCUT2D eigenvalue weighted by Crippen LogP contribution is 2.13. The molecule has 0 aromatic carbocycles. The van der Waals surface area contributed by atoms with Crippen molar-refractivity contribution < 1.29 is 28.6 Å². The normalized spacial score (nSPS) is 23.6. The zero-order chi connectivity index (χ0) is 14.2. The van der Waals surface area contributed by atoms with E-state index in [1.54, 1.807) is 14.2 Å². The maximum absolute atomic E-state index is 5.56. The van der Waals surface area contributed by atoms with Crippen LogP contribution in [0, 0.1) is 0 Å². The first-order chi connectivity index (χ1) is 9.81. The Morgan fingerprint density at radius 3 is 2.15 bits per heavy atom. The van der Waals surface area contributed by atoms with Crippen LogP contribution in [-0.2, 0) is 28.6 Å². The van der Waals surface area contributed by atoms with Gasteiger partial charge in [0.05, 0.1) is 50.2 Å². The lowest BCUT2D eigenvalue weighted by molar-refractivity contribution is -0.367. The molecule has 2 heterocycles. The molecule has 2 saturated heterocycles. The summed E-state index contributed by atoms with van der Waals surface area (Å²) in [5, 5.41) is 1.53. The Morgan fingerprint density at radius 1 is 1.15 bits per heavy atom. The number of hydroxylamine groups is 2. The molecule has 2 radical (unpaired) electrons.